The van der Waals surface area contributed by atoms with E-state index in [-0.39, 0.29) is 5.75 Å². The maximum atomic E-state index is 9.59. The molecule has 146 valence electrons. The molecule has 0 saturated heterocycles. The number of methoxy groups -OCH3 is 2. The van der Waals surface area contributed by atoms with Crippen LogP contribution in [0.4, 0.5) is 0 Å². The molecule has 0 unspecified atom stereocenters. The SMILES string of the molecule is COc1cc2nccc(Oc3ccc(C)nc3-c3ccc(O)cc3)c2cc1OC. The number of aromatic hydroxyl groups is 1. The van der Waals surface area contributed by atoms with Crippen LogP contribution >= 0.6 is 0 Å². The number of hydrogen-bond donors (Lipinski definition) is 1. The highest BCUT2D eigenvalue weighted by atomic mass is 16.5. The second kappa shape index (κ2) is 7.67. The summed E-state index contributed by atoms with van der Waals surface area (Å²) in [6.07, 6.45) is 1.69. The predicted octanol–water partition coefficient (Wildman–Crippen LogP) is 5.12. The van der Waals surface area contributed by atoms with E-state index in [4.69, 9.17) is 14.2 Å². The van der Waals surface area contributed by atoms with Gasteiger partial charge in [0.1, 0.15) is 17.2 Å². The van der Waals surface area contributed by atoms with Gasteiger partial charge in [-0.2, -0.15) is 0 Å². The number of aryl methyl sites for hydroxylation is 1. The Morgan fingerprint density at radius 1 is 0.793 bits per heavy atom. The topological polar surface area (TPSA) is 73.7 Å². The average molecular weight is 388 g/mol. The quantitative estimate of drug-likeness (QED) is 0.511. The fraction of sp³-hybridized carbons (Fsp3) is 0.130. The molecule has 1 N–H and O–H groups in total. The van der Waals surface area contributed by atoms with Gasteiger partial charge in [-0.15, -0.1) is 0 Å². The van der Waals surface area contributed by atoms with Crippen LogP contribution in [0.1, 0.15) is 5.69 Å². The van der Waals surface area contributed by atoms with Crippen LogP contribution < -0.4 is 14.2 Å². The minimum Gasteiger partial charge on any atom is -0.508 e. The molecule has 29 heavy (non-hydrogen) atoms. The number of fused-ring (bicyclic) bond motifs is 1. The van der Waals surface area contributed by atoms with Crippen LogP contribution in [0, 0.1) is 6.92 Å². The van der Waals surface area contributed by atoms with Crippen molar-refractivity contribution >= 4 is 10.9 Å². The van der Waals surface area contributed by atoms with Gasteiger partial charge in [0, 0.05) is 28.9 Å². The standard InChI is InChI=1S/C23H20N2O4/c1-14-4-9-20(23(25-14)15-5-7-16(26)8-6-15)29-19-10-11-24-18-13-22(28-3)21(27-2)12-17(18)19/h4-13,26H,1-3H3. The van der Waals surface area contributed by atoms with E-state index in [0.717, 1.165) is 22.2 Å². The third-order valence-corrected chi connectivity index (χ3v) is 4.56. The highest BCUT2D eigenvalue weighted by molar-refractivity contribution is 5.88. The number of ether oxygens (including phenoxy) is 3. The van der Waals surface area contributed by atoms with E-state index in [1.165, 1.54) is 0 Å². The summed E-state index contributed by atoms with van der Waals surface area (Å²) in [6.45, 7) is 1.92. The Bertz CT molecular complexity index is 1170. The van der Waals surface area contributed by atoms with Gasteiger partial charge in [0.25, 0.3) is 0 Å². The third kappa shape index (κ3) is 3.65. The van der Waals surface area contributed by atoms with E-state index in [1.54, 1.807) is 38.6 Å². The van der Waals surface area contributed by atoms with E-state index in [1.807, 2.05) is 43.3 Å². The summed E-state index contributed by atoms with van der Waals surface area (Å²) in [5, 5.41) is 10.4. The summed E-state index contributed by atoms with van der Waals surface area (Å²) >= 11 is 0. The lowest BCUT2D eigenvalue weighted by molar-refractivity contribution is 0.355. The number of pyridine rings is 2. The van der Waals surface area contributed by atoms with Crippen molar-refractivity contribution in [3.8, 4) is 40.0 Å². The van der Waals surface area contributed by atoms with Crippen molar-refractivity contribution < 1.29 is 19.3 Å². The van der Waals surface area contributed by atoms with Crippen LogP contribution in [0.2, 0.25) is 0 Å². The number of rotatable bonds is 5. The van der Waals surface area contributed by atoms with Crippen molar-refractivity contribution in [2.75, 3.05) is 14.2 Å². The minimum absolute atomic E-state index is 0.199. The van der Waals surface area contributed by atoms with E-state index in [9.17, 15) is 5.11 Å². The highest BCUT2D eigenvalue weighted by Crippen LogP contribution is 2.39. The summed E-state index contributed by atoms with van der Waals surface area (Å²) in [7, 11) is 3.18. The Morgan fingerprint density at radius 2 is 1.52 bits per heavy atom. The summed E-state index contributed by atoms with van der Waals surface area (Å²) in [5.41, 5.74) is 3.13. The predicted molar refractivity (Wildman–Crippen MR) is 111 cm³/mol. The zero-order valence-corrected chi connectivity index (χ0v) is 16.3. The first-order valence-corrected chi connectivity index (χ1v) is 9.04. The van der Waals surface area contributed by atoms with Crippen LogP contribution in [0.5, 0.6) is 28.7 Å². The van der Waals surface area contributed by atoms with Crippen molar-refractivity contribution in [3.63, 3.8) is 0 Å². The van der Waals surface area contributed by atoms with E-state index >= 15 is 0 Å². The molecule has 4 rings (SSSR count). The van der Waals surface area contributed by atoms with Gasteiger partial charge in [-0.1, -0.05) is 0 Å². The molecule has 0 aliphatic carbocycles. The van der Waals surface area contributed by atoms with E-state index < -0.39 is 0 Å². The van der Waals surface area contributed by atoms with Crippen LogP contribution in [-0.4, -0.2) is 29.3 Å². The van der Waals surface area contributed by atoms with Gasteiger partial charge >= 0.3 is 0 Å². The molecular weight excluding hydrogens is 368 g/mol. The van der Waals surface area contributed by atoms with Gasteiger partial charge < -0.3 is 19.3 Å². The molecule has 0 spiro atoms. The smallest absolute Gasteiger partial charge is 0.162 e. The Hall–Kier alpha value is -3.80. The van der Waals surface area contributed by atoms with E-state index in [2.05, 4.69) is 9.97 Å². The highest BCUT2D eigenvalue weighted by Gasteiger charge is 2.14. The van der Waals surface area contributed by atoms with Crippen molar-refractivity contribution in [2.24, 2.45) is 0 Å². The summed E-state index contributed by atoms with van der Waals surface area (Å²) in [6, 6.07) is 16.1. The summed E-state index contributed by atoms with van der Waals surface area (Å²) < 4.78 is 17.1. The maximum Gasteiger partial charge on any atom is 0.162 e. The number of nitrogens with zero attached hydrogens (tertiary/aromatic N) is 2. The molecule has 0 fully saturated rings. The van der Waals surface area contributed by atoms with Gasteiger partial charge in [-0.25, -0.2) is 4.98 Å². The molecule has 4 aromatic rings. The van der Waals surface area contributed by atoms with Crippen molar-refractivity contribution in [1.82, 2.24) is 9.97 Å². The maximum absolute atomic E-state index is 9.59. The van der Waals surface area contributed by atoms with Crippen molar-refractivity contribution in [2.45, 2.75) is 6.92 Å². The minimum atomic E-state index is 0.199. The van der Waals surface area contributed by atoms with Crippen LogP contribution in [0.15, 0.2) is 60.8 Å². The summed E-state index contributed by atoms with van der Waals surface area (Å²) in [4.78, 5) is 9.06. The van der Waals surface area contributed by atoms with E-state index in [0.29, 0.717) is 28.7 Å². The van der Waals surface area contributed by atoms with Crippen LogP contribution in [0.3, 0.4) is 0 Å². The Kier molecular flexibility index (Phi) is 4.91. The summed E-state index contributed by atoms with van der Waals surface area (Å²) in [5.74, 6) is 2.63. The lowest BCUT2D eigenvalue weighted by atomic mass is 10.1. The molecule has 0 amide bonds. The van der Waals surface area contributed by atoms with Gasteiger partial charge in [0.05, 0.1) is 19.7 Å². The number of phenols is 1. The first-order chi connectivity index (χ1) is 14.1. The molecular formula is C23H20N2O4. The molecule has 2 heterocycles. The van der Waals surface area contributed by atoms with Crippen molar-refractivity contribution in [3.05, 3.63) is 66.5 Å². The molecule has 2 aromatic heterocycles. The normalized spacial score (nSPS) is 10.7. The van der Waals surface area contributed by atoms with Crippen molar-refractivity contribution in [1.29, 1.82) is 0 Å². The molecule has 0 aliphatic heterocycles. The second-order valence-corrected chi connectivity index (χ2v) is 6.48. The fourth-order valence-corrected chi connectivity index (χ4v) is 3.11. The molecule has 0 bridgehead atoms. The van der Waals surface area contributed by atoms with Crippen LogP contribution in [-0.2, 0) is 0 Å². The molecule has 0 radical (unpaired) electrons. The largest absolute Gasteiger partial charge is 0.508 e. The lowest BCUT2D eigenvalue weighted by Crippen LogP contribution is -1.96. The first-order valence-electron chi connectivity index (χ1n) is 9.04. The Balaban J connectivity index is 1.82. The van der Waals surface area contributed by atoms with Crippen LogP contribution in [0.25, 0.3) is 22.2 Å². The zero-order valence-electron chi connectivity index (χ0n) is 16.3. The number of benzene rings is 2. The second-order valence-electron chi connectivity index (χ2n) is 6.48. The molecule has 2 aromatic carbocycles. The zero-order chi connectivity index (χ0) is 20.4. The molecule has 6 heteroatoms. The Labute approximate surface area is 168 Å². The van der Waals surface area contributed by atoms with Gasteiger partial charge in [-0.3, -0.25) is 4.98 Å². The number of phenolic OH excluding ortho intramolecular Hbond substituents is 1. The first kappa shape index (κ1) is 18.6. The molecule has 0 atom stereocenters. The van der Waals surface area contributed by atoms with Gasteiger partial charge in [0.2, 0.25) is 0 Å². The lowest BCUT2D eigenvalue weighted by Gasteiger charge is -2.14. The number of aromatic nitrogens is 2. The monoisotopic (exact) mass is 388 g/mol. The molecule has 0 saturated carbocycles. The molecule has 0 aliphatic rings. The Morgan fingerprint density at radius 3 is 2.24 bits per heavy atom. The third-order valence-electron chi connectivity index (χ3n) is 4.56. The van der Waals surface area contributed by atoms with Gasteiger partial charge in [-0.05, 0) is 55.5 Å². The fourth-order valence-electron chi connectivity index (χ4n) is 3.11. The van der Waals surface area contributed by atoms with Gasteiger partial charge in [0.15, 0.2) is 17.2 Å². The number of hydrogen-bond acceptors (Lipinski definition) is 6. The molecule has 6 nitrogen and oxygen atoms in total. The average Bonchev–Trinajstić information content (AvgIpc) is 2.74.